The predicted octanol–water partition coefficient (Wildman–Crippen LogP) is 2.33. The van der Waals surface area contributed by atoms with Crippen LogP contribution in [0.5, 0.6) is 0 Å². The van der Waals surface area contributed by atoms with E-state index in [4.69, 9.17) is 4.42 Å². The Morgan fingerprint density at radius 2 is 1.93 bits per heavy atom. The molecule has 1 aromatic heterocycles. The minimum Gasteiger partial charge on any atom is -0.481 e. The fraction of sp³-hybridized carbons (Fsp3) is 0.381. The van der Waals surface area contributed by atoms with Crippen LogP contribution in [0.2, 0.25) is 0 Å². The summed E-state index contributed by atoms with van der Waals surface area (Å²) in [5, 5.41) is 12.2. The van der Waals surface area contributed by atoms with Crippen LogP contribution in [0.1, 0.15) is 35.4 Å². The number of nitrogens with one attached hydrogen (secondary N) is 1. The molecule has 1 aliphatic heterocycles. The molecule has 2 aromatic rings. The topological polar surface area (TPSA) is 99.9 Å². The highest BCUT2D eigenvalue weighted by Gasteiger charge is 2.34. The number of carboxylic acid groups (broad SMARTS) is 1. The minimum atomic E-state index is -0.962. The summed E-state index contributed by atoms with van der Waals surface area (Å²) in [7, 11) is 0. The van der Waals surface area contributed by atoms with Gasteiger partial charge in [0.1, 0.15) is 6.04 Å². The van der Waals surface area contributed by atoms with Crippen molar-refractivity contribution < 1.29 is 23.9 Å². The fourth-order valence-electron chi connectivity index (χ4n) is 3.48. The van der Waals surface area contributed by atoms with Crippen LogP contribution >= 0.6 is 0 Å². The number of benzene rings is 1. The molecule has 0 bridgehead atoms. The van der Waals surface area contributed by atoms with Crippen molar-refractivity contribution in [3.8, 4) is 0 Å². The average molecular weight is 384 g/mol. The number of hydrogen-bond donors (Lipinski definition) is 2. The molecule has 2 unspecified atom stereocenters. The zero-order valence-corrected chi connectivity index (χ0v) is 15.5. The van der Waals surface area contributed by atoms with Crippen molar-refractivity contribution in [1.29, 1.82) is 0 Å². The molecule has 0 saturated carbocycles. The van der Waals surface area contributed by atoms with E-state index in [2.05, 4.69) is 5.32 Å². The number of nitrogens with zero attached hydrogens (tertiary/aromatic N) is 1. The maximum absolute atomic E-state index is 12.7. The summed E-state index contributed by atoms with van der Waals surface area (Å²) in [6, 6.07) is 11.9. The van der Waals surface area contributed by atoms with Gasteiger partial charge in [0.25, 0.3) is 5.91 Å². The molecule has 0 radical (unpaired) electrons. The van der Waals surface area contributed by atoms with Gasteiger partial charge in [-0.15, -0.1) is 0 Å². The second kappa shape index (κ2) is 9.21. The highest BCUT2D eigenvalue weighted by molar-refractivity contribution is 5.95. The number of carboxylic acids is 1. The van der Waals surface area contributed by atoms with Crippen LogP contribution in [0.4, 0.5) is 0 Å². The first-order valence-electron chi connectivity index (χ1n) is 9.45. The van der Waals surface area contributed by atoms with Crippen molar-refractivity contribution in [3.05, 3.63) is 60.1 Å². The molecule has 7 nitrogen and oxygen atoms in total. The first kappa shape index (κ1) is 19.7. The Balaban J connectivity index is 1.62. The first-order valence-corrected chi connectivity index (χ1v) is 9.45. The van der Waals surface area contributed by atoms with Gasteiger partial charge < -0.3 is 19.7 Å². The van der Waals surface area contributed by atoms with Gasteiger partial charge >= 0.3 is 5.97 Å². The van der Waals surface area contributed by atoms with Crippen LogP contribution in [0.3, 0.4) is 0 Å². The lowest BCUT2D eigenvalue weighted by molar-refractivity contribution is -0.141. The maximum Gasteiger partial charge on any atom is 0.308 e. The van der Waals surface area contributed by atoms with E-state index in [-0.39, 0.29) is 24.1 Å². The predicted molar refractivity (Wildman–Crippen MR) is 102 cm³/mol. The van der Waals surface area contributed by atoms with Crippen molar-refractivity contribution in [2.45, 2.75) is 31.7 Å². The van der Waals surface area contributed by atoms with E-state index < -0.39 is 17.9 Å². The van der Waals surface area contributed by atoms with E-state index in [1.807, 2.05) is 30.3 Å². The van der Waals surface area contributed by atoms with E-state index in [0.717, 1.165) is 18.4 Å². The molecule has 2 atom stereocenters. The van der Waals surface area contributed by atoms with Gasteiger partial charge in [-0.3, -0.25) is 14.4 Å². The lowest BCUT2D eigenvalue weighted by atomic mass is 9.98. The summed E-state index contributed by atoms with van der Waals surface area (Å²) in [6.07, 6.45) is 3.96. The van der Waals surface area contributed by atoms with Crippen LogP contribution in [-0.2, 0) is 16.0 Å². The van der Waals surface area contributed by atoms with E-state index in [1.54, 1.807) is 12.1 Å². The summed E-state index contributed by atoms with van der Waals surface area (Å²) < 4.78 is 5.17. The summed E-state index contributed by atoms with van der Waals surface area (Å²) in [5.41, 5.74) is 0.899. The molecule has 3 rings (SSSR count). The molecule has 1 saturated heterocycles. The molecular weight excluding hydrogens is 360 g/mol. The molecule has 1 aliphatic rings. The Hall–Kier alpha value is -3.09. The normalized spacial score (nSPS) is 17.7. The van der Waals surface area contributed by atoms with Crippen LogP contribution in [0.25, 0.3) is 0 Å². The summed E-state index contributed by atoms with van der Waals surface area (Å²) in [5.74, 6) is -2.13. The largest absolute Gasteiger partial charge is 0.481 e. The third kappa shape index (κ3) is 4.79. The van der Waals surface area contributed by atoms with Gasteiger partial charge in [-0.1, -0.05) is 30.3 Å². The molecule has 2 heterocycles. The number of likely N-dealkylation sites (tertiary alicyclic amines) is 1. The van der Waals surface area contributed by atoms with Crippen LogP contribution in [0, 0.1) is 5.92 Å². The smallest absolute Gasteiger partial charge is 0.308 e. The summed E-state index contributed by atoms with van der Waals surface area (Å²) in [4.78, 5) is 38.5. The van der Waals surface area contributed by atoms with Gasteiger partial charge in [-0.25, -0.2) is 0 Å². The average Bonchev–Trinajstić information content (AvgIpc) is 3.25. The summed E-state index contributed by atoms with van der Waals surface area (Å²) >= 11 is 0. The minimum absolute atomic E-state index is 0.0162. The molecule has 7 heteroatoms. The molecule has 0 spiro atoms. The molecule has 2 N–H and O–H groups in total. The molecule has 1 aromatic carbocycles. The Bertz CT molecular complexity index is 803. The van der Waals surface area contributed by atoms with Crippen molar-refractivity contribution in [3.63, 3.8) is 0 Å². The monoisotopic (exact) mass is 384 g/mol. The van der Waals surface area contributed by atoms with Crippen molar-refractivity contribution in [1.82, 2.24) is 10.2 Å². The van der Waals surface area contributed by atoms with E-state index in [9.17, 15) is 19.5 Å². The Morgan fingerprint density at radius 3 is 2.61 bits per heavy atom. The molecule has 1 fully saturated rings. The first-order chi connectivity index (χ1) is 13.6. The van der Waals surface area contributed by atoms with Crippen molar-refractivity contribution in [2.24, 2.45) is 5.92 Å². The second-order valence-corrected chi connectivity index (χ2v) is 6.96. The Morgan fingerprint density at radius 1 is 1.14 bits per heavy atom. The standard InChI is InChI=1S/C21H24N2O5/c24-19(22-14-16(21(26)27)13-15-7-2-1-3-8-15)17-9-4-5-11-23(17)20(25)18-10-6-12-28-18/h1-3,6-8,10,12,16-17H,4-5,9,11,13-14H2,(H,22,24)(H,26,27). The highest BCUT2D eigenvalue weighted by Crippen LogP contribution is 2.20. The number of rotatable bonds is 7. The Kier molecular flexibility index (Phi) is 6.47. The van der Waals surface area contributed by atoms with Gasteiger partial charge in [0.05, 0.1) is 12.2 Å². The number of carbonyl (C=O) groups excluding carboxylic acids is 2. The fourth-order valence-corrected chi connectivity index (χ4v) is 3.48. The van der Waals surface area contributed by atoms with Crippen LogP contribution < -0.4 is 5.32 Å². The second-order valence-electron chi connectivity index (χ2n) is 6.96. The van der Waals surface area contributed by atoms with Crippen molar-refractivity contribution >= 4 is 17.8 Å². The molecule has 2 amide bonds. The van der Waals surface area contributed by atoms with Gasteiger partial charge in [0, 0.05) is 13.1 Å². The quantitative estimate of drug-likeness (QED) is 0.763. The van der Waals surface area contributed by atoms with Gasteiger partial charge in [-0.05, 0) is 43.4 Å². The van der Waals surface area contributed by atoms with E-state index in [1.165, 1.54) is 11.2 Å². The van der Waals surface area contributed by atoms with Gasteiger partial charge in [-0.2, -0.15) is 0 Å². The van der Waals surface area contributed by atoms with Crippen molar-refractivity contribution in [2.75, 3.05) is 13.1 Å². The van der Waals surface area contributed by atoms with Crippen LogP contribution in [-0.4, -0.2) is 46.9 Å². The molecule has 148 valence electrons. The Labute approximate surface area is 163 Å². The number of carbonyl (C=O) groups is 3. The van der Waals surface area contributed by atoms with Crippen LogP contribution in [0.15, 0.2) is 53.1 Å². The van der Waals surface area contributed by atoms with Gasteiger partial charge in [0.15, 0.2) is 5.76 Å². The number of aliphatic carboxylic acids is 1. The number of amides is 2. The number of hydrogen-bond acceptors (Lipinski definition) is 4. The SMILES string of the molecule is O=C(O)C(CNC(=O)C1CCCCN1C(=O)c1ccco1)Cc1ccccc1. The molecule has 0 aliphatic carbocycles. The number of piperidine rings is 1. The lowest BCUT2D eigenvalue weighted by Gasteiger charge is -2.34. The van der Waals surface area contributed by atoms with Gasteiger partial charge in [0.2, 0.25) is 5.91 Å². The number of furan rings is 1. The highest BCUT2D eigenvalue weighted by atomic mass is 16.4. The zero-order valence-electron chi connectivity index (χ0n) is 15.5. The third-order valence-corrected chi connectivity index (χ3v) is 5.00. The summed E-state index contributed by atoms with van der Waals surface area (Å²) in [6.45, 7) is 0.492. The van der Waals surface area contributed by atoms with E-state index >= 15 is 0 Å². The molecule has 28 heavy (non-hydrogen) atoms. The third-order valence-electron chi connectivity index (χ3n) is 5.00. The maximum atomic E-state index is 12.7. The molecular formula is C21H24N2O5. The van der Waals surface area contributed by atoms with E-state index in [0.29, 0.717) is 19.4 Å². The lowest BCUT2D eigenvalue weighted by Crippen LogP contribution is -2.52. The zero-order chi connectivity index (χ0) is 19.9.